The summed E-state index contributed by atoms with van der Waals surface area (Å²) in [5.41, 5.74) is 5.74. The Bertz CT molecular complexity index is 259. The molecule has 0 unspecified atom stereocenters. The average molecular weight is 224 g/mol. The molecule has 2 saturated carbocycles. The summed E-state index contributed by atoms with van der Waals surface area (Å²) < 4.78 is 0. The average Bonchev–Trinajstić information content (AvgIpc) is 2.71. The number of carbonyl (C=O) groups is 1. The van der Waals surface area contributed by atoms with Crippen molar-refractivity contribution in [3.8, 4) is 0 Å². The number of primary amides is 1. The van der Waals surface area contributed by atoms with Gasteiger partial charge in [0, 0.05) is 0 Å². The topological polar surface area (TPSA) is 55.1 Å². The molecule has 3 heteroatoms. The number of hydrogen-bond acceptors (Lipinski definition) is 2. The number of likely N-dealkylation sites (N-methyl/N-ethyl adjacent to an activating group) is 1. The largest absolute Gasteiger partial charge is 0.368 e. The molecule has 92 valence electrons. The van der Waals surface area contributed by atoms with Crippen molar-refractivity contribution in [2.45, 2.75) is 63.8 Å². The molecule has 3 N–H and O–H groups in total. The maximum atomic E-state index is 11.6. The summed E-state index contributed by atoms with van der Waals surface area (Å²) in [5.74, 6) is -0.151. The van der Waals surface area contributed by atoms with E-state index in [9.17, 15) is 4.79 Å². The van der Waals surface area contributed by atoms with Gasteiger partial charge in [-0.1, -0.05) is 19.8 Å². The van der Waals surface area contributed by atoms with E-state index in [0.29, 0.717) is 5.41 Å². The maximum Gasteiger partial charge on any atom is 0.237 e. The zero-order chi connectivity index (χ0) is 11.6. The molecule has 0 bridgehead atoms. The minimum atomic E-state index is -0.400. The molecular weight excluding hydrogens is 200 g/mol. The molecule has 0 atom stereocenters. The first-order chi connectivity index (χ1) is 7.63. The van der Waals surface area contributed by atoms with Crippen LogP contribution >= 0.6 is 0 Å². The van der Waals surface area contributed by atoms with Crippen LogP contribution < -0.4 is 11.1 Å². The Hall–Kier alpha value is -0.570. The van der Waals surface area contributed by atoms with E-state index in [4.69, 9.17) is 5.73 Å². The van der Waals surface area contributed by atoms with Crippen LogP contribution in [0.1, 0.15) is 58.3 Å². The van der Waals surface area contributed by atoms with E-state index < -0.39 is 5.54 Å². The van der Waals surface area contributed by atoms with Crippen LogP contribution in [0.15, 0.2) is 0 Å². The van der Waals surface area contributed by atoms with Crippen LogP contribution in [0.2, 0.25) is 0 Å². The molecule has 0 radical (unpaired) electrons. The summed E-state index contributed by atoms with van der Waals surface area (Å²) in [6.45, 7) is 2.88. The third kappa shape index (κ3) is 1.97. The summed E-state index contributed by atoms with van der Waals surface area (Å²) >= 11 is 0. The van der Waals surface area contributed by atoms with Crippen molar-refractivity contribution in [1.82, 2.24) is 5.32 Å². The third-order valence-corrected chi connectivity index (χ3v) is 4.82. The molecule has 3 nitrogen and oxygen atoms in total. The zero-order valence-corrected chi connectivity index (χ0v) is 10.3. The highest BCUT2D eigenvalue weighted by Gasteiger charge is 2.46. The monoisotopic (exact) mass is 224 g/mol. The summed E-state index contributed by atoms with van der Waals surface area (Å²) in [6, 6.07) is 0. The van der Waals surface area contributed by atoms with Gasteiger partial charge in [0.2, 0.25) is 5.91 Å². The lowest BCUT2D eigenvalue weighted by Gasteiger charge is -2.43. The quantitative estimate of drug-likeness (QED) is 0.770. The predicted octanol–water partition coefficient (Wildman–Crippen LogP) is 1.95. The maximum absolute atomic E-state index is 11.6. The van der Waals surface area contributed by atoms with Gasteiger partial charge in [0.15, 0.2) is 0 Å². The van der Waals surface area contributed by atoms with E-state index in [2.05, 4.69) is 5.32 Å². The van der Waals surface area contributed by atoms with E-state index in [1.807, 2.05) is 6.92 Å². The second kappa shape index (κ2) is 4.36. The molecule has 2 fully saturated rings. The molecule has 0 aromatic rings. The molecule has 0 aromatic carbocycles. The number of rotatable bonds is 3. The first kappa shape index (κ1) is 11.9. The first-order valence-electron chi connectivity index (χ1n) is 6.67. The number of amides is 1. The fourth-order valence-electron chi connectivity index (χ4n) is 3.68. The molecule has 0 heterocycles. The van der Waals surface area contributed by atoms with Gasteiger partial charge < -0.3 is 11.1 Å². The molecule has 0 aliphatic heterocycles. The van der Waals surface area contributed by atoms with Crippen molar-refractivity contribution in [2.24, 2.45) is 11.1 Å². The summed E-state index contributed by atoms with van der Waals surface area (Å²) in [6.07, 6.45) is 9.75. The second-order valence-electron chi connectivity index (χ2n) is 5.68. The van der Waals surface area contributed by atoms with Crippen LogP contribution in [0.3, 0.4) is 0 Å². The molecule has 2 aliphatic rings. The van der Waals surface area contributed by atoms with Crippen LogP contribution in [0.25, 0.3) is 0 Å². The zero-order valence-electron chi connectivity index (χ0n) is 10.3. The molecular formula is C13H24N2O. The third-order valence-electron chi connectivity index (χ3n) is 4.82. The highest BCUT2D eigenvalue weighted by Crippen LogP contribution is 2.51. The highest BCUT2D eigenvalue weighted by atomic mass is 16.1. The Balaban J connectivity index is 2.03. The van der Waals surface area contributed by atoms with Gasteiger partial charge in [-0.25, -0.2) is 0 Å². The summed E-state index contributed by atoms with van der Waals surface area (Å²) in [5, 5.41) is 3.33. The molecule has 1 spiro atoms. The molecule has 1 amide bonds. The second-order valence-corrected chi connectivity index (χ2v) is 5.68. The van der Waals surface area contributed by atoms with Gasteiger partial charge in [0.05, 0.1) is 5.54 Å². The molecule has 2 rings (SSSR count). The Morgan fingerprint density at radius 2 is 1.69 bits per heavy atom. The first-order valence-corrected chi connectivity index (χ1v) is 6.67. The lowest BCUT2D eigenvalue weighted by molar-refractivity contribution is -0.126. The van der Waals surface area contributed by atoms with E-state index >= 15 is 0 Å². The number of nitrogens with two attached hydrogens (primary N) is 1. The Morgan fingerprint density at radius 1 is 1.12 bits per heavy atom. The Morgan fingerprint density at radius 3 is 2.12 bits per heavy atom. The normalized spacial score (nSPS) is 27.1. The van der Waals surface area contributed by atoms with E-state index in [-0.39, 0.29) is 5.91 Å². The van der Waals surface area contributed by atoms with Crippen LogP contribution in [0.5, 0.6) is 0 Å². The van der Waals surface area contributed by atoms with E-state index in [0.717, 1.165) is 19.4 Å². The standard InChI is InChI=1S/C13H24N2O/c1-2-15-13(11(14)16)9-7-12(8-10-13)5-3-4-6-12/h15H,2-10H2,1H3,(H2,14,16). The number of carbonyl (C=O) groups excluding carboxylic acids is 1. The lowest BCUT2D eigenvalue weighted by Crippen LogP contribution is -2.58. The van der Waals surface area contributed by atoms with Crippen molar-refractivity contribution in [3.63, 3.8) is 0 Å². The minimum Gasteiger partial charge on any atom is -0.368 e. The van der Waals surface area contributed by atoms with Gasteiger partial charge in [0.1, 0.15) is 0 Å². The van der Waals surface area contributed by atoms with Gasteiger partial charge in [-0.3, -0.25) is 4.79 Å². The SMILES string of the molecule is CCNC1(C(N)=O)CCC2(CCCC2)CC1. The van der Waals surface area contributed by atoms with Gasteiger partial charge in [-0.05, 0) is 50.5 Å². The predicted molar refractivity (Wildman–Crippen MR) is 65.0 cm³/mol. The van der Waals surface area contributed by atoms with Crippen LogP contribution in [-0.2, 0) is 4.79 Å². The van der Waals surface area contributed by atoms with Crippen molar-refractivity contribution < 1.29 is 4.79 Å². The minimum absolute atomic E-state index is 0.151. The van der Waals surface area contributed by atoms with Crippen molar-refractivity contribution in [1.29, 1.82) is 0 Å². The van der Waals surface area contributed by atoms with Crippen molar-refractivity contribution in [3.05, 3.63) is 0 Å². The van der Waals surface area contributed by atoms with Gasteiger partial charge in [-0.15, -0.1) is 0 Å². The summed E-state index contributed by atoms with van der Waals surface area (Å²) in [4.78, 5) is 11.6. The van der Waals surface area contributed by atoms with Gasteiger partial charge in [0.25, 0.3) is 0 Å². The number of nitrogens with one attached hydrogen (secondary N) is 1. The lowest BCUT2D eigenvalue weighted by atomic mass is 9.66. The van der Waals surface area contributed by atoms with E-state index in [1.54, 1.807) is 0 Å². The smallest absolute Gasteiger partial charge is 0.237 e. The van der Waals surface area contributed by atoms with Crippen molar-refractivity contribution in [2.75, 3.05) is 6.54 Å². The van der Waals surface area contributed by atoms with Gasteiger partial charge >= 0.3 is 0 Å². The molecule has 0 aromatic heterocycles. The fourth-order valence-corrected chi connectivity index (χ4v) is 3.68. The molecule has 16 heavy (non-hydrogen) atoms. The van der Waals surface area contributed by atoms with Crippen LogP contribution in [0, 0.1) is 5.41 Å². The Labute approximate surface area is 98.2 Å². The summed E-state index contributed by atoms with van der Waals surface area (Å²) in [7, 11) is 0. The Kier molecular flexibility index (Phi) is 3.24. The fraction of sp³-hybridized carbons (Fsp3) is 0.923. The van der Waals surface area contributed by atoms with Crippen molar-refractivity contribution >= 4 is 5.91 Å². The van der Waals surface area contributed by atoms with Crippen LogP contribution in [0.4, 0.5) is 0 Å². The van der Waals surface area contributed by atoms with Gasteiger partial charge in [-0.2, -0.15) is 0 Å². The molecule has 0 saturated heterocycles. The van der Waals surface area contributed by atoms with E-state index in [1.165, 1.54) is 38.5 Å². The number of hydrogen-bond donors (Lipinski definition) is 2. The highest BCUT2D eigenvalue weighted by molar-refractivity contribution is 5.84. The molecule has 2 aliphatic carbocycles. The van der Waals surface area contributed by atoms with Crippen LogP contribution in [-0.4, -0.2) is 18.0 Å².